The Morgan fingerprint density at radius 1 is 1.07 bits per heavy atom. The molecule has 9 nitrogen and oxygen atoms in total. The standard InChI is InChI=1S/C33H36N2O7/c1-22-6-3-4-7-25(22)21-42-26-11-8-23(9-12-26)31(37)29-30(24-10-13-27(36)28(20-24)40-2)35(33(39)32(29)38)15-5-14-34-16-18-41-19-17-34/h3-4,6-13,20,30,36-37H,5,14-19,21H2,1-2H3. The number of carbonyl (C=O) groups excluding carboxylic acids is 2. The number of aromatic hydroxyl groups is 1. The number of phenolic OH excluding ortho intramolecular Hbond substituents is 1. The molecule has 2 fully saturated rings. The number of hydrogen-bond donors (Lipinski definition) is 2. The largest absolute Gasteiger partial charge is 0.872 e. The predicted molar refractivity (Wildman–Crippen MR) is 154 cm³/mol. The van der Waals surface area contributed by atoms with E-state index in [2.05, 4.69) is 0 Å². The summed E-state index contributed by atoms with van der Waals surface area (Å²) in [6.07, 6.45) is 0.661. The number of rotatable bonds is 10. The number of quaternary nitrogens is 1. The highest BCUT2D eigenvalue weighted by Gasteiger charge is 2.44. The maximum Gasteiger partial charge on any atom is 0.295 e. The number of carbonyl (C=O) groups is 2. The molecule has 0 bridgehead atoms. The minimum atomic E-state index is -0.899. The van der Waals surface area contributed by atoms with E-state index >= 15 is 0 Å². The minimum absolute atomic E-state index is 0.0754. The van der Waals surface area contributed by atoms with Crippen molar-refractivity contribution in [1.29, 1.82) is 0 Å². The lowest BCUT2D eigenvalue weighted by molar-refractivity contribution is -0.908. The van der Waals surface area contributed by atoms with Crippen LogP contribution >= 0.6 is 0 Å². The van der Waals surface area contributed by atoms with Gasteiger partial charge in [-0.2, -0.15) is 0 Å². The number of nitrogens with one attached hydrogen (secondary N) is 1. The summed E-state index contributed by atoms with van der Waals surface area (Å²) in [6.45, 7) is 6.73. The first-order valence-corrected chi connectivity index (χ1v) is 14.2. The van der Waals surface area contributed by atoms with Crippen LogP contribution in [0, 0.1) is 6.92 Å². The van der Waals surface area contributed by atoms with Gasteiger partial charge >= 0.3 is 0 Å². The number of amides is 1. The van der Waals surface area contributed by atoms with Crippen molar-refractivity contribution in [3.05, 3.63) is 94.6 Å². The molecule has 0 radical (unpaired) electrons. The maximum atomic E-state index is 13.8. The fourth-order valence-corrected chi connectivity index (χ4v) is 5.51. The zero-order valence-corrected chi connectivity index (χ0v) is 23.9. The number of ether oxygens (including phenoxy) is 3. The van der Waals surface area contributed by atoms with Crippen molar-refractivity contribution in [2.75, 3.05) is 46.5 Å². The lowest BCUT2D eigenvalue weighted by Crippen LogP contribution is -3.14. The molecule has 5 rings (SSSR count). The summed E-state index contributed by atoms with van der Waals surface area (Å²) in [5.74, 6) is -1.33. The van der Waals surface area contributed by atoms with E-state index in [-0.39, 0.29) is 22.6 Å². The van der Waals surface area contributed by atoms with Gasteiger partial charge in [0.05, 0.1) is 32.9 Å². The monoisotopic (exact) mass is 572 g/mol. The topological polar surface area (TPSA) is 113 Å². The molecule has 1 unspecified atom stereocenters. The summed E-state index contributed by atoms with van der Waals surface area (Å²) in [6, 6.07) is 18.3. The van der Waals surface area contributed by atoms with Crippen LogP contribution in [0.1, 0.15) is 34.7 Å². The molecule has 0 saturated carbocycles. The van der Waals surface area contributed by atoms with Crippen molar-refractivity contribution in [1.82, 2.24) is 4.90 Å². The number of likely N-dealkylation sites (tertiary alicyclic amines) is 1. The molecule has 3 aromatic carbocycles. The summed E-state index contributed by atoms with van der Waals surface area (Å²) in [5, 5.41) is 24.0. The van der Waals surface area contributed by atoms with E-state index in [0.717, 1.165) is 30.8 Å². The molecule has 220 valence electrons. The first-order valence-electron chi connectivity index (χ1n) is 14.2. The van der Waals surface area contributed by atoms with Gasteiger partial charge in [-0.1, -0.05) is 48.2 Å². The van der Waals surface area contributed by atoms with Crippen LogP contribution in [0.15, 0.2) is 72.3 Å². The van der Waals surface area contributed by atoms with Crippen LogP contribution in [0.5, 0.6) is 17.2 Å². The molecule has 2 aliphatic rings. The zero-order chi connectivity index (χ0) is 29.6. The molecule has 3 aromatic rings. The number of Topliss-reactive ketones (excluding diaryl/α,β-unsaturated/α-hetero) is 1. The van der Waals surface area contributed by atoms with Gasteiger partial charge in [-0.05, 0) is 53.4 Å². The van der Waals surface area contributed by atoms with E-state index in [0.29, 0.717) is 44.1 Å². The highest BCUT2D eigenvalue weighted by molar-refractivity contribution is 6.46. The van der Waals surface area contributed by atoms with Crippen LogP contribution in [-0.2, 0) is 20.9 Å². The molecule has 0 spiro atoms. The molecule has 0 aromatic heterocycles. The van der Waals surface area contributed by atoms with Crippen LogP contribution in [0.2, 0.25) is 0 Å². The maximum absolute atomic E-state index is 13.8. The summed E-state index contributed by atoms with van der Waals surface area (Å²) < 4.78 is 16.6. The Hall–Kier alpha value is -4.34. The Kier molecular flexibility index (Phi) is 9.09. The van der Waals surface area contributed by atoms with Gasteiger partial charge in [0, 0.05) is 18.5 Å². The van der Waals surface area contributed by atoms with Crippen LogP contribution in [0.25, 0.3) is 5.76 Å². The van der Waals surface area contributed by atoms with Crippen LogP contribution < -0.4 is 19.5 Å². The fourth-order valence-electron chi connectivity index (χ4n) is 5.51. The second-order valence-electron chi connectivity index (χ2n) is 10.6. The van der Waals surface area contributed by atoms with Crippen molar-refractivity contribution >= 4 is 17.4 Å². The first kappa shape index (κ1) is 29.2. The van der Waals surface area contributed by atoms with Gasteiger partial charge in [-0.25, -0.2) is 0 Å². The third-order valence-electron chi connectivity index (χ3n) is 7.95. The van der Waals surface area contributed by atoms with Crippen molar-refractivity contribution in [3.63, 3.8) is 0 Å². The van der Waals surface area contributed by atoms with Gasteiger partial charge in [-0.3, -0.25) is 9.59 Å². The third kappa shape index (κ3) is 6.27. The number of benzene rings is 3. The normalized spacial score (nSPS) is 18.8. The van der Waals surface area contributed by atoms with Crippen molar-refractivity contribution in [2.24, 2.45) is 0 Å². The number of ketones is 1. The number of morpholine rings is 1. The van der Waals surface area contributed by atoms with Gasteiger partial charge in [0.25, 0.3) is 5.91 Å². The third-order valence-corrected chi connectivity index (χ3v) is 7.95. The molecule has 42 heavy (non-hydrogen) atoms. The average molecular weight is 573 g/mol. The number of nitrogens with zero attached hydrogens (tertiary/aromatic N) is 1. The van der Waals surface area contributed by atoms with E-state index in [1.165, 1.54) is 23.0 Å². The fraction of sp³-hybridized carbons (Fsp3) is 0.333. The quantitative estimate of drug-likeness (QED) is 0.217. The predicted octanol–water partition coefficient (Wildman–Crippen LogP) is 1.82. The molecule has 1 amide bonds. The Balaban J connectivity index is 1.42. The second kappa shape index (κ2) is 13.1. The number of hydrogen-bond acceptors (Lipinski definition) is 7. The van der Waals surface area contributed by atoms with E-state index in [9.17, 15) is 19.8 Å². The Bertz CT molecular complexity index is 1460. The van der Waals surface area contributed by atoms with Gasteiger partial charge < -0.3 is 34.2 Å². The molecular formula is C33H36N2O7. The van der Waals surface area contributed by atoms with Crippen LogP contribution in [-0.4, -0.2) is 68.2 Å². The Labute approximate surface area is 245 Å². The Morgan fingerprint density at radius 2 is 1.81 bits per heavy atom. The Morgan fingerprint density at radius 3 is 2.52 bits per heavy atom. The van der Waals surface area contributed by atoms with Gasteiger partial charge in [-0.15, -0.1) is 0 Å². The highest BCUT2D eigenvalue weighted by Crippen LogP contribution is 2.41. The van der Waals surface area contributed by atoms with Crippen molar-refractivity contribution in [2.45, 2.75) is 26.0 Å². The van der Waals surface area contributed by atoms with Gasteiger partial charge in [0.2, 0.25) is 5.78 Å². The molecular weight excluding hydrogens is 536 g/mol. The second-order valence-corrected chi connectivity index (χ2v) is 10.6. The first-order chi connectivity index (χ1) is 20.4. The number of phenols is 1. The van der Waals surface area contributed by atoms with E-state index in [1.807, 2.05) is 31.2 Å². The lowest BCUT2D eigenvalue weighted by atomic mass is 9.95. The minimum Gasteiger partial charge on any atom is -0.872 e. The molecule has 2 saturated heterocycles. The summed E-state index contributed by atoms with van der Waals surface area (Å²) in [7, 11) is 1.42. The molecule has 1 atom stereocenters. The van der Waals surface area contributed by atoms with Crippen LogP contribution in [0.4, 0.5) is 0 Å². The molecule has 0 aliphatic carbocycles. The molecule has 9 heteroatoms. The average Bonchev–Trinajstić information content (AvgIpc) is 3.26. The van der Waals surface area contributed by atoms with Crippen LogP contribution in [0.3, 0.4) is 0 Å². The zero-order valence-electron chi connectivity index (χ0n) is 23.9. The van der Waals surface area contributed by atoms with Crippen molar-refractivity contribution in [3.8, 4) is 17.2 Å². The highest BCUT2D eigenvalue weighted by atomic mass is 16.5. The SMILES string of the molecule is COc1cc(C2C(=C([O-])c3ccc(OCc4ccccc4C)cc3)C(=O)C(=O)N2CCC[NH+]2CCOCC2)ccc1O. The number of methoxy groups -OCH3 is 1. The van der Waals surface area contributed by atoms with Gasteiger partial charge in [0.1, 0.15) is 25.4 Å². The number of aryl methyl sites for hydroxylation is 1. The van der Waals surface area contributed by atoms with E-state index in [1.54, 1.807) is 36.4 Å². The van der Waals surface area contributed by atoms with E-state index < -0.39 is 23.5 Å². The lowest BCUT2D eigenvalue weighted by Gasteiger charge is -2.29. The smallest absolute Gasteiger partial charge is 0.295 e. The van der Waals surface area contributed by atoms with Crippen molar-refractivity contribution < 1.29 is 38.9 Å². The van der Waals surface area contributed by atoms with Gasteiger partial charge in [0.15, 0.2) is 11.5 Å². The summed E-state index contributed by atoms with van der Waals surface area (Å²) >= 11 is 0. The van der Waals surface area contributed by atoms with E-state index in [4.69, 9.17) is 14.2 Å². The summed E-state index contributed by atoms with van der Waals surface area (Å²) in [4.78, 5) is 29.6. The summed E-state index contributed by atoms with van der Waals surface area (Å²) in [5.41, 5.74) is 2.87. The molecule has 2 N–H and O–H groups in total. The molecule has 2 aliphatic heterocycles. The molecule has 2 heterocycles.